The second kappa shape index (κ2) is 6.71. The van der Waals surface area contributed by atoms with E-state index >= 15 is 0 Å². The monoisotopic (exact) mass is 312 g/mol. The lowest BCUT2D eigenvalue weighted by Gasteiger charge is -2.07. The van der Waals surface area contributed by atoms with E-state index in [9.17, 15) is 0 Å². The maximum absolute atomic E-state index is 5.65. The molecular weight excluding hydrogens is 292 g/mol. The Hall–Kier alpha value is -1.88. The van der Waals surface area contributed by atoms with E-state index in [2.05, 4.69) is 36.4 Å². The average molecular weight is 312 g/mol. The topological polar surface area (TPSA) is 43.5 Å². The van der Waals surface area contributed by atoms with Crippen LogP contribution in [-0.2, 0) is 27.2 Å². The van der Waals surface area contributed by atoms with E-state index in [4.69, 9.17) is 18.9 Å². The van der Waals surface area contributed by atoms with Gasteiger partial charge in [-0.05, 0) is 35.2 Å². The third-order valence-corrected chi connectivity index (χ3v) is 3.93. The maximum atomic E-state index is 5.65. The molecule has 120 valence electrons. The Kier molecular flexibility index (Phi) is 4.28. The average Bonchev–Trinajstić information content (AvgIpc) is 3.48. The summed E-state index contributed by atoms with van der Waals surface area (Å²) in [6, 6.07) is 16.8. The quantitative estimate of drug-likeness (QED) is 0.703. The van der Waals surface area contributed by atoms with Crippen LogP contribution in [0.2, 0.25) is 0 Å². The maximum Gasteiger partial charge on any atom is 0.181 e. The van der Waals surface area contributed by atoms with Gasteiger partial charge >= 0.3 is 0 Å². The van der Waals surface area contributed by atoms with E-state index in [1.165, 1.54) is 16.7 Å². The van der Waals surface area contributed by atoms with Gasteiger partial charge in [-0.25, -0.2) is 0 Å². The van der Waals surface area contributed by atoms with Crippen molar-refractivity contribution in [1.82, 2.24) is 0 Å². The first-order valence-corrected chi connectivity index (χ1v) is 7.99. The Bertz CT molecular complexity index is 570. The molecule has 2 aliphatic rings. The highest BCUT2D eigenvalue weighted by molar-refractivity contribution is 5.32. The SMILES string of the molecule is c1cc(Cc2ccc(OCC3CO3)cc2)ccc1COC1CO1. The predicted molar refractivity (Wildman–Crippen MR) is 85.5 cm³/mol. The van der Waals surface area contributed by atoms with E-state index < -0.39 is 0 Å². The van der Waals surface area contributed by atoms with Crippen LogP contribution in [0.15, 0.2) is 48.5 Å². The Morgan fingerprint density at radius 1 is 0.826 bits per heavy atom. The van der Waals surface area contributed by atoms with Gasteiger partial charge in [-0.15, -0.1) is 0 Å². The molecule has 4 heteroatoms. The fraction of sp³-hybridized carbons (Fsp3) is 0.368. The van der Waals surface area contributed by atoms with Crippen molar-refractivity contribution >= 4 is 0 Å². The molecular formula is C19H20O4. The Labute approximate surface area is 135 Å². The summed E-state index contributed by atoms with van der Waals surface area (Å²) < 4.78 is 21.3. The summed E-state index contributed by atoms with van der Waals surface area (Å²) in [7, 11) is 0. The van der Waals surface area contributed by atoms with Crippen LogP contribution < -0.4 is 4.74 Å². The van der Waals surface area contributed by atoms with Gasteiger partial charge in [-0.1, -0.05) is 36.4 Å². The first kappa shape index (κ1) is 14.7. The van der Waals surface area contributed by atoms with Crippen LogP contribution in [0.5, 0.6) is 5.75 Å². The van der Waals surface area contributed by atoms with Crippen LogP contribution in [0.25, 0.3) is 0 Å². The van der Waals surface area contributed by atoms with Crippen molar-refractivity contribution in [2.75, 3.05) is 19.8 Å². The molecule has 4 nitrogen and oxygen atoms in total. The van der Waals surface area contributed by atoms with Crippen LogP contribution in [0.3, 0.4) is 0 Å². The van der Waals surface area contributed by atoms with Crippen LogP contribution in [0.4, 0.5) is 0 Å². The molecule has 2 fully saturated rings. The van der Waals surface area contributed by atoms with Crippen molar-refractivity contribution in [1.29, 1.82) is 0 Å². The fourth-order valence-corrected chi connectivity index (χ4v) is 2.37. The molecule has 23 heavy (non-hydrogen) atoms. The van der Waals surface area contributed by atoms with Crippen molar-refractivity contribution in [2.24, 2.45) is 0 Å². The smallest absolute Gasteiger partial charge is 0.181 e. The highest BCUT2D eigenvalue weighted by Gasteiger charge is 2.23. The van der Waals surface area contributed by atoms with Crippen molar-refractivity contribution in [2.45, 2.75) is 25.4 Å². The lowest BCUT2D eigenvalue weighted by Crippen LogP contribution is -2.03. The Morgan fingerprint density at radius 3 is 2.04 bits per heavy atom. The van der Waals surface area contributed by atoms with Crippen LogP contribution >= 0.6 is 0 Å². The predicted octanol–water partition coefficient (Wildman–Crippen LogP) is 2.93. The number of rotatable bonds is 8. The summed E-state index contributed by atoms with van der Waals surface area (Å²) in [5, 5.41) is 0. The zero-order valence-electron chi connectivity index (χ0n) is 12.9. The second-order valence-electron chi connectivity index (χ2n) is 5.98. The van der Waals surface area contributed by atoms with Gasteiger partial charge in [-0.3, -0.25) is 0 Å². The minimum atomic E-state index is 0.0156. The number of ether oxygens (including phenoxy) is 4. The molecule has 2 saturated heterocycles. The first-order valence-electron chi connectivity index (χ1n) is 7.99. The number of epoxide rings is 2. The third kappa shape index (κ3) is 4.55. The molecule has 0 saturated carbocycles. The summed E-state index contributed by atoms with van der Waals surface area (Å²) in [6.07, 6.45) is 1.23. The van der Waals surface area contributed by atoms with E-state index in [-0.39, 0.29) is 6.29 Å². The molecule has 0 bridgehead atoms. The molecule has 0 N–H and O–H groups in total. The van der Waals surface area contributed by atoms with E-state index in [0.717, 1.165) is 25.4 Å². The van der Waals surface area contributed by atoms with Gasteiger partial charge in [0, 0.05) is 0 Å². The van der Waals surface area contributed by atoms with Crippen molar-refractivity contribution in [3.8, 4) is 5.75 Å². The third-order valence-electron chi connectivity index (χ3n) is 3.93. The standard InChI is InChI=1S/C19H20O4/c1-3-16(10-22-19-13-23-19)4-2-14(1)9-15-5-7-17(8-6-15)20-11-18-12-21-18/h1-8,18-19H,9-13H2. The van der Waals surface area contributed by atoms with Gasteiger partial charge in [0.25, 0.3) is 0 Å². The Morgan fingerprint density at radius 2 is 1.43 bits per heavy atom. The van der Waals surface area contributed by atoms with Crippen molar-refractivity contribution in [3.05, 3.63) is 65.2 Å². The molecule has 0 aromatic heterocycles. The lowest BCUT2D eigenvalue weighted by molar-refractivity contribution is 0.0386. The van der Waals surface area contributed by atoms with Gasteiger partial charge in [0.1, 0.15) is 25.1 Å². The van der Waals surface area contributed by atoms with Crippen molar-refractivity contribution < 1.29 is 18.9 Å². The van der Waals surface area contributed by atoms with Crippen LogP contribution in [-0.4, -0.2) is 32.2 Å². The summed E-state index contributed by atoms with van der Waals surface area (Å²) in [5.41, 5.74) is 3.74. The highest BCUT2D eigenvalue weighted by atomic mass is 16.8. The molecule has 2 heterocycles. The minimum Gasteiger partial charge on any atom is -0.491 e. The molecule has 0 amide bonds. The summed E-state index contributed by atoms with van der Waals surface area (Å²) in [4.78, 5) is 0. The molecule has 2 unspecified atom stereocenters. The van der Waals surface area contributed by atoms with Crippen LogP contribution in [0, 0.1) is 0 Å². The minimum absolute atomic E-state index is 0.0156. The highest BCUT2D eigenvalue weighted by Crippen LogP contribution is 2.19. The van der Waals surface area contributed by atoms with Gasteiger partial charge < -0.3 is 18.9 Å². The molecule has 4 rings (SSSR count). The molecule has 2 aromatic rings. The first-order chi connectivity index (χ1) is 11.3. The van der Waals surface area contributed by atoms with Gasteiger partial charge in [0.2, 0.25) is 0 Å². The summed E-state index contributed by atoms with van der Waals surface area (Å²) >= 11 is 0. The number of benzene rings is 2. The second-order valence-corrected chi connectivity index (χ2v) is 5.98. The lowest BCUT2D eigenvalue weighted by atomic mass is 10.0. The van der Waals surface area contributed by atoms with Crippen LogP contribution in [0.1, 0.15) is 16.7 Å². The van der Waals surface area contributed by atoms with E-state index in [1.54, 1.807) is 0 Å². The zero-order valence-corrected chi connectivity index (χ0v) is 12.9. The zero-order chi connectivity index (χ0) is 15.5. The fourth-order valence-electron chi connectivity index (χ4n) is 2.37. The molecule has 0 spiro atoms. The van der Waals surface area contributed by atoms with E-state index in [0.29, 0.717) is 19.3 Å². The van der Waals surface area contributed by atoms with Crippen molar-refractivity contribution in [3.63, 3.8) is 0 Å². The normalized spacial score (nSPS) is 21.9. The molecule has 2 atom stereocenters. The molecule has 0 aliphatic carbocycles. The van der Waals surface area contributed by atoms with E-state index in [1.807, 2.05) is 12.1 Å². The van der Waals surface area contributed by atoms with Gasteiger partial charge in [0.05, 0.1) is 13.2 Å². The molecule has 2 aliphatic heterocycles. The summed E-state index contributed by atoms with van der Waals surface area (Å²) in [6.45, 7) is 2.81. The van der Waals surface area contributed by atoms with Gasteiger partial charge in [0.15, 0.2) is 6.29 Å². The van der Waals surface area contributed by atoms with Gasteiger partial charge in [-0.2, -0.15) is 0 Å². The largest absolute Gasteiger partial charge is 0.491 e. The number of hydrogen-bond donors (Lipinski definition) is 0. The molecule has 2 aromatic carbocycles. The summed E-state index contributed by atoms with van der Waals surface area (Å²) in [5.74, 6) is 0.902. The molecule has 0 radical (unpaired) electrons. The number of hydrogen-bond acceptors (Lipinski definition) is 4. The Balaban J connectivity index is 1.29.